The van der Waals surface area contributed by atoms with Crippen molar-refractivity contribution in [1.29, 1.82) is 0 Å². The molecule has 1 amide bonds. The molecular weight excluding hydrogens is 632 g/mol. The van der Waals surface area contributed by atoms with E-state index in [-0.39, 0.29) is 34.8 Å². The van der Waals surface area contributed by atoms with Gasteiger partial charge in [-0.3, -0.25) is 4.79 Å². The zero-order chi connectivity index (χ0) is 34.1. The van der Waals surface area contributed by atoms with Gasteiger partial charge in [0.15, 0.2) is 0 Å². The Labute approximate surface area is 256 Å². The molecule has 4 aromatic rings. The smallest absolute Gasteiger partial charge is 0.420 e. The molecule has 0 aliphatic heterocycles. The molecule has 17 heteroatoms. The van der Waals surface area contributed by atoms with E-state index in [2.05, 4.69) is 20.3 Å². The highest BCUT2D eigenvalue weighted by Gasteiger charge is 2.39. The van der Waals surface area contributed by atoms with E-state index in [9.17, 15) is 44.7 Å². The van der Waals surface area contributed by atoms with Crippen molar-refractivity contribution in [2.75, 3.05) is 12.4 Å². The molecule has 0 aliphatic rings. The van der Waals surface area contributed by atoms with Crippen molar-refractivity contribution >= 4 is 23.2 Å². The summed E-state index contributed by atoms with van der Waals surface area (Å²) in [6.45, 7) is 3.84. The summed E-state index contributed by atoms with van der Waals surface area (Å²) < 4.78 is 117. The number of esters is 1. The Morgan fingerprint density at radius 3 is 2.24 bits per heavy atom. The molecule has 46 heavy (non-hydrogen) atoms. The van der Waals surface area contributed by atoms with Crippen LogP contribution >= 0.6 is 0 Å². The van der Waals surface area contributed by atoms with Crippen LogP contribution in [0.4, 0.5) is 40.8 Å². The zero-order valence-electron chi connectivity index (χ0n) is 24.6. The van der Waals surface area contributed by atoms with Gasteiger partial charge in [0, 0.05) is 35.8 Å². The summed E-state index contributed by atoms with van der Waals surface area (Å²) in [5.41, 5.74) is -3.30. The van der Waals surface area contributed by atoms with Crippen molar-refractivity contribution in [3.63, 3.8) is 0 Å². The van der Waals surface area contributed by atoms with Crippen LogP contribution < -0.4 is 10.6 Å². The molecule has 4 rings (SSSR count). The van der Waals surface area contributed by atoms with Crippen molar-refractivity contribution in [3.05, 3.63) is 76.6 Å². The number of carbonyl (C=O) groups excluding carboxylic acids is 2. The van der Waals surface area contributed by atoms with Gasteiger partial charge in [0.2, 0.25) is 0 Å². The second-order valence-electron chi connectivity index (χ2n) is 10.2. The molecule has 9 nitrogen and oxygen atoms in total. The Balaban J connectivity index is 1.67. The largest absolute Gasteiger partial charge is 0.467 e. The Morgan fingerprint density at radius 1 is 1.02 bits per heavy atom. The average molecular weight is 659 g/mol. The van der Waals surface area contributed by atoms with Gasteiger partial charge >= 0.3 is 18.3 Å². The van der Waals surface area contributed by atoms with Crippen molar-refractivity contribution in [2.45, 2.75) is 58.0 Å². The lowest BCUT2D eigenvalue weighted by Gasteiger charge is -2.22. The number of nitrogens with one attached hydrogen (secondary N) is 2. The quantitative estimate of drug-likeness (QED) is 0.168. The van der Waals surface area contributed by atoms with Gasteiger partial charge in [-0.25, -0.2) is 28.5 Å². The number of carbonyl (C=O) groups is 2. The topological polar surface area (TPSA) is 111 Å². The van der Waals surface area contributed by atoms with Gasteiger partial charge in [0.25, 0.3) is 5.91 Å². The fourth-order valence-corrected chi connectivity index (χ4v) is 4.93. The molecule has 2 N–H and O–H groups in total. The van der Waals surface area contributed by atoms with Crippen LogP contribution in [0.15, 0.2) is 36.7 Å². The minimum atomic E-state index is -4.80. The summed E-state index contributed by atoms with van der Waals surface area (Å²) in [6, 6.07) is -0.0123. The average Bonchev–Trinajstić information content (AvgIpc) is 3.43. The number of methoxy groups -OCH3 is 1. The lowest BCUT2D eigenvalue weighted by Crippen LogP contribution is -2.44. The van der Waals surface area contributed by atoms with E-state index in [1.807, 2.05) is 5.32 Å². The van der Waals surface area contributed by atoms with E-state index in [0.717, 1.165) is 7.11 Å². The summed E-state index contributed by atoms with van der Waals surface area (Å²) in [7, 11) is 0.988. The Morgan fingerprint density at radius 2 is 1.67 bits per heavy atom. The van der Waals surface area contributed by atoms with Crippen LogP contribution in [0.1, 0.15) is 46.5 Å². The first-order chi connectivity index (χ1) is 21.5. The lowest BCUT2D eigenvalue weighted by molar-refractivity contribution is -0.143. The normalized spacial score (nSPS) is 13.4. The number of amides is 1. The number of pyridine rings is 1. The summed E-state index contributed by atoms with van der Waals surface area (Å²) in [4.78, 5) is 37.6. The number of hydrogen-bond acceptors (Lipinski definition) is 7. The van der Waals surface area contributed by atoms with Crippen molar-refractivity contribution < 1.29 is 49.4 Å². The van der Waals surface area contributed by atoms with E-state index in [1.165, 1.54) is 49.7 Å². The van der Waals surface area contributed by atoms with E-state index < -0.39 is 76.9 Å². The maximum absolute atomic E-state index is 14.9. The molecule has 246 valence electrons. The second kappa shape index (κ2) is 12.9. The molecule has 3 aromatic heterocycles. The molecule has 0 saturated heterocycles. The number of rotatable bonds is 9. The summed E-state index contributed by atoms with van der Waals surface area (Å²) in [6.07, 6.45) is -7.67. The van der Waals surface area contributed by atoms with Gasteiger partial charge in [-0.1, -0.05) is 6.92 Å². The Bertz CT molecular complexity index is 1760. The fraction of sp³-hybridized carbons (Fsp3) is 0.345. The second-order valence-corrected chi connectivity index (χ2v) is 10.2. The Kier molecular flexibility index (Phi) is 9.54. The number of hydrogen-bond donors (Lipinski definition) is 2. The van der Waals surface area contributed by atoms with Crippen LogP contribution in [0, 0.1) is 25.5 Å². The van der Waals surface area contributed by atoms with Gasteiger partial charge < -0.3 is 19.8 Å². The van der Waals surface area contributed by atoms with E-state index >= 15 is 0 Å². The van der Waals surface area contributed by atoms with Crippen molar-refractivity contribution in [1.82, 2.24) is 24.7 Å². The minimum absolute atomic E-state index is 0.0120. The third-order valence-electron chi connectivity index (χ3n) is 6.99. The van der Waals surface area contributed by atoms with Crippen LogP contribution in [0.25, 0.3) is 16.9 Å². The maximum atomic E-state index is 14.9. The van der Waals surface area contributed by atoms with Gasteiger partial charge in [0.1, 0.15) is 46.3 Å². The highest BCUT2D eigenvalue weighted by molar-refractivity contribution is 5.97. The molecule has 1 aromatic carbocycles. The molecule has 0 bridgehead atoms. The minimum Gasteiger partial charge on any atom is -0.467 e. The lowest BCUT2D eigenvalue weighted by atomic mass is 10.0. The standard InChI is InChI=1S/C29H26F8N6O3/c1-5-21(28(32,33)34)41-15-10-18(30)22(19(31)11-15)26(44)42-20(27(45)46-4)12-16-6-7-17(25-38-8-9-43(16)25)24-23(29(35,36)37)13(2)39-14(3)40-24/h6-11,20-21,41H,5,12H2,1-4H3,(H,42,44)/t20-,21+/m0/s1. The summed E-state index contributed by atoms with van der Waals surface area (Å²) in [5.74, 6) is -5.38. The number of anilines is 1. The number of ether oxygens (including phenoxy) is 1. The number of fused-ring (bicyclic) bond motifs is 1. The Hall–Kier alpha value is -4.83. The molecule has 2 atom stereocenters. The fourth-order valence-electron chi connectivity index (χ4n) is 4.93. The molecule has 0 fully saturated rings. The maximum Gasteiger partial charge on any atom is 0.420 e. The van der Waals surface area contributed by atoms with Crippen LogP contribution in [0.3, 0.4) is 0 Å². The molecule has 0 radical (unpaired) electrons. The van der Waals surface area contributed by atoms with Gasteiger partial charge in [0.05, 0.1) is 18.5 Å². The van der Waals surface area contributed by atoms with Crippen LogP contribution in [-0.2, 0) is 22.1 Å². The number of aryl methyl sites for hydroxylation is 2. The SMILES string of the molecule is CC[C@@H](Nc1cc(F)c(C(=O)N[C@@H](Cc2ccc(-c3nc(C)nc(C)c3C(F)(F)F)c3nccn23)C(=O)OC)c(F)c1)C(F)(F)F. The van der Waals surface area contributed by atoms with Crippen molar-refractivity contribution in [2.24, 2.45) is 0 Å². The number of alkyl halides is 6. The first-order valence-corrected chi connectivity index (χ1v) is 13.5. The van der Waals surface area contributed by atoms with E-state index in [4.69, 9.17) is 4.74 Å². The first-order valence-electron chi connectivity index (χ1n) is 13.5. The zero-order valence-corrected chi connectivity index (χ0v) is 24.6. The van der Waals surface area contributed by atoms with Crippen LogP contribution in [-0.4, -0.2) is 56.6 Å². The number of imidazole rings is 1. The van der Waals surface area contributed by atoms with E-state index in [0.29, 0.717) is 12.1 Å². The van der Waals surface area contributed by atoms with Crippen LogP contribution in [0.2, 0.25) is 0 Å². The first kappa shape index (κ1) is 34.1. The molecule has 0 aliphatic carbocycles. The van der Waals surface area contributed by atoms with Crippen molar-refractivity contribution in [3.8, 4) is 11.3 Å². The molecule has 3 heterocycles. The number of aromatic nitrogens is 4. The number of nitrogens with zero attached hydrogens (tertiary/aromatic N) is 4. The third-order valence-corrected chi connectivity index (χ3v) is 6.99. The predicted molar refractivity (Wildman–Crippen MR) is 148 cm³/mol. The van der Waals surface area contributed by atoms with Gasteiger partial charge in [-0.2, -0.15) is 26.3 Å². The molecule has 0 spiro atoms. The number of halogens is 8. The molecule has 0 unspecified atom stereocenters. The third kappa shape index (κ3) is 7.02. The van der Waals surface area contributed by atoms with Gasteiger partial charge in [-0.15, -0.1) is 0 Å². The highest BCUT2D eigenvalue weighted by atomic mass is 19.4. The van der Waals surface area contributed by atoms with E-state index in [1.54, 1.807) is 0 Å². The van der Waals surface area contributed by atoms with Gasteiger partial charge in [-0.05, 0) is 44.5 Å². The highest BCUT2D eigenvalue weighted by Crippen LogP contribution is 2.39. The molecular formula is C29H26F8N6O3. The van der Waals surface area contributed by atoms with Crippen LogP contribution in [0.5, 0.6) is 0 Å². The molecule has 0 saturated carbocycles. The summed E-state index contributed by atoms with van der Waals surface area (Å²) >= 11 is 0. The monoisotopic (exact) mass is 658 g/mol. The predicted octanol–water partition coefficient (Wildman–Crippen LogP) is 5.97. The number of benzene rings is 1. The summed E-state index contributed by atoms with van der Waals surface area (Å²) in [5, 5.41) is 4.14.